The molecule has 0 spiro atoms. The van der Waals surface area contributed by atoms with Crippen LogP contribution in [0.5, 0.6) is 0 Å². The van der Waals surface area contributed by atoms with Crippen LogP contribution in [0.25, 0.3) is 11.3 Å². The second-order valence-corrected chi connectivity index (χ2v) is 7.76. The molecule has 1 aliphatic rings. The molecular formula is C23H22FN3O3. The molecule has 0 bridgehead atoms. The Balaban J connectivity index is 1.68. The largest absolute Gasteiger partial charge is 0.355 e. The third-order valence-electron chi connectivity index (χ3n) is 5.10. The molecule has 1 aliphatic heterocycles. The van der Waals surface area contributed by atoms with Gasteiger partial charge in [0, 0.05) is 11.6 Å². The number of halogens is 1. The summed E-state index contributed by atoms with van der Waals surface area (Å²) in [7, 11) is 0. The highest BCUT2D eigenvalue weighted by Gasteiger charge is 2.44. The van der Waals surface area contributed by atoms with E-state index in [9.17, 15) is 14.0 Å². The van der Waals surface area contributed by atoms with Crippen molar-refractivity contribution in [2.45, 2.75) is 32.5 Å². The van der Waals surface area contributed by atoms with Crippen LogP contribution in [-0.2, 0) is 4.79 Å². The number of aromatic nitrogens is 1. The molecule has 0 saturated carbocycles. The molecule has 2 heterocycles. The van der Waals surface area contributed by atoms with Crippen molar-refractivity contribution in [2.24, 2.45) is 5.92 Å². The van der Waals surface area contributed by atoms with Gasteiger partial charge in [0.1, 0.15) is 18.0 Å². The summed E-state index contributed by atoms with van der Waals surface area (Å²) in [5, 5.41) is 6.86. The number of hydrogen-bond donors (Lipinski definition) is 1. The minimum Gasteiger partial charge on any atom is -0.355 e. The summed E-state index contributed by atoms with van der Waals surface area (Å²) in [6.45, 7) is 4.02. The van der Waals surface area contributed by atoms with Crippen LogP contribution in [0.2, 0.25) is 0 Å². The Hall–Kier alpha value is -3.48. The van der Waals surface area contributed by atoms with E-state index in [0.29, 0.717) is 17.7 Å². The van der Waals surface area contributed by atoms with Gasteiger partial charge in [0.25, 0.3) is 5.91 Å². The third kappa shape index (κ3) is 3.83. The van der Waals surface area contributed by atoms with E-state index in [2.05, 4.69) is 10.5 Å². The number of benzene rings is 2. The van der Waals surface area contributed by atoms with E-state index in [-0.39, 0.29) is 23.3 Å². The van der Waals surface area contributed by atoms with E-state index in [4.69, 9.17) is 4.52 Å². The van der Waals surface area contributed by atoms with Crippen LogP contribution in [0.15, 0.2) is 65.2 Å². The molecule has 1 saturated heterocycles. The van der Waals surface area contributed by atoms with Crippen LogP contribution in [0.3, 0.4) is 0 Å². The zero-order valence-corrected chi connectivity index (χ0v) is 16.7. The number of carbonyl (C=O) groups excluding carboxylic acids is 2. The molecule has 1 aromatic heterocycles. The maximum atomic E-state index is 13.4. The van der Waals surface area contributed by atoms with Gasteiger partial charge in [0.15, 0.2) is 11.5 Å². The summed E-state index contributed by atoms with van der Waals surface area (Å²) >= 11 is 0. The predicted molar refractivity (Wildman–Crippen MR) is 109 cm³/mol. The van der Waals surface area contributed by atoms with Gasteiger partial charge in [-0.3, -0.25) is 9.59 Å². The molecule has 2 atom stereocenters. The highest BCUT2D eigenvalue weighted by atomic mass is 19.1. The van der Waals surface area contributed by atoms with Crippen LogP contribution in [0.1, 0.15) is 42.5 Å². The van der Waals surface area contributed by atoms with Crippen molar-refractivity contribution in [1.29, 1.82) is 0 Å². The van der Waals surface area contributed by atoms with Gasteiger partial charge in [-0.2, -0.15) is 0 Å². The SMILES string of the molecule is CC(C)C[C@H]1C(=O)N[C@H](c2ccccc2)N1C(=O)c1cc(-c2ccc(F)cc2)on1. The lowest BCUT2D eigenvalue weighted by Crippen LogP contribution is -2.40. The summed E-state index contributed by atoms with van der Waals surface area (Å²) < 4.78 is 18.5. The number of amides is 2. The van der Waals surface area contributed by atoms with E-state index >= 15 is 0 Å². The minimum atomic E-state index is -0.603. The van der Waals surface area contributed by atoms with E-state index in [1.54, 1.807) is 17.0 Å². The van der Waals surface area contributed by atoms with Crippen LogP contribution in [0, 0.1) is 11.7 Å². The first-order valence-electron chi connectivity index (χ1n) is 9.84. The Labute approximate surface area is 173 Å². The zero-order chi connectivity index (χ0) is 21.3. The molecule has 0 aliphatic carbocycles. The molecule has 30 heavy (non-hydrogen) atoms. The van der Waals surface area contributed by atoms with E-state index in [1.807, 2.05) is 44.2 Å². The first-order valence-corrected chi connectivity index (χ1v) is 9.84. The molecule has 3 aromatic rings. The van der Waals surface area contributed by atoms with Crippen molar-refractivity contribution in [1.82, 2.24) is 15.4 Å². The standard InChI is InChI=1S/C23H22FN3O3/c1-14(2)12-19-22(28)25-21(16-6-4-3-5-7-16)27(19)23(29)18-13-20(30-26-18)15-8-10-17(24)11-9-15/h3-11,13-14,19,21H,12H2,1-2H3,(H,25,28)/t19-,21-/m0/s1. The number of carbonyl (C=O) groups is 2. The fourth-order valence-corrected chi connectivity index (χ4v) is 3.67. The normalized spacial score (nSPS) is 18.7. The minimum absolute atomic E-state index is 0.0977. The second kappa shape index (κ2) is 8.10. The molecule has 0 radical (unpaired) electrons. The van der Waals surface area contributed by atoms with E-state index < -0.39 is 18.1 Å². The topological polar surface area (TPSA) is 75.4 Å². The maximum absolute atomic E-state index is 13.4. The van der Waals surface area contributed by atoms with Gasteiger partial charge in [-0.1, -0.05) is 49.3 Å². The van der Waals surface area contributed by atoms with Crippen molar-refractivity contribution in [3.8, 4) is 11.3 Å². The van der Waals surface area contributed by atoms with Gasteiger partial charge in [-0.05, 0) is 42.2 Å². The highest BCUT2D eigenvalue weighted by molar-refractivity contribution is 5.99. The Bertz CT molecular complexity index is 1050. The molecule has 1 fully saturated rings. The fourth-order valence-electron chi connectivity index (χ4n) is 3.67. The molecule has 0 unspecified atom stereocenters. The Kier molecular flexibility index (Phi) is 5.35. The quantitative estimate of drug-likeness (QED) is 0.689. The third-order valence-corrected chi connectivity index (χ3v) is 5.10. The lowest BCUT2D eigenvalue weighted by atomic mass is 10.0. The smallest absolute Gasteiger partial charge is 0.278 e. The lowest BCUT2D eigenvalue weighted by Gasteiger charge is -2.28. The molecule has 2 aromatic carbocycles. The number of rotatable bonds is 5. The van der Waals surface area contributed by atoms with Gasteiger partial charge < -0.3 is 14.7 Å². The number of nitrogens with one attached hydrogen (secondary N) is 1. The number of nitrogens with zero attached hydrogens (tertiary/aromatic N) is 2. The van der Waals surface area contributed by atoms with Gasteiger partial charge in [0.05, 0.1) is 0 Å². The average Bonchev–Trinajstić information content (AvgIpc) is 3.34. The highest BCUT2D eigenvalue weighted by Crippen LogP contribution is 2.32. The monoisotopic (exact) mass is 407 g/mol. The summed E-state index contributed by atoms with van der Waals surface area (Å²) in [4.78, 5) is 27.7. The van der Waals surface area contributed by atoms with Gasteiger partial charge in [-0.25, -0.2) is 4.39 Å². The molecule has 6 nitrogen and oxygen atoms in total. The Morgan fingerprint density at radius 3 is 2.53 bits per heavy atom. The molecule has 4 rings (SSSR count). The summed E-state index contributed by atoms with van der Waals surface area (Å²) in [6, 6.07) is 16.0. The van der Waals surface area contributed by atoms with E-state index in [0.717, 1.165) is 5.56 Å². The fraction of sp³-hybridized carbons (Fsp3) is 0.261. The van der Waals surface area contributed by atoms with Gasteiger partial charge >= 0.3 is 0 Å². The van der Waals surface area contributed by atoms with Crippen LogP contribution < -0.4 is 5.32 Å². The first-order chi connectivity index (χ1) is 14.4. The van der Waals surface area contributed by atoms with Gasteiger partial charge in [-0.15, -0.1) is 0 Å². The average molecular weight is 407 g/mol. The Morgan fingerprint density at radius 1 is 1.17 bits per heavy atom. The molecule has 2 amide bonds. The first kappa shape index (κ1) is 19.8. The second-order valence-electron chi connectivity index (χ2n) is 7.76. The van der Waals surface area contributed by atoms with Crippen LogP contribution >= 0.6 is 0 Å². The zero-order valence-electron chi connectivity index (χ0n) is 16.7. The lowest BCUT2D eigenvalue weighted by molar-refractivity contribution is -0.121. The van der Waals surface area contributed by atoms with Crippen molar-refractivity contribution >= 4 is 11.8 Å². The van der Waals surface area contributed by atoms with Crippen molar-refractivity contribution in [2.75, 3.05) is 0 Å². The maximum Gasteiger partial charge on any atom is 0.278 e. The predicted octanol–water partition coefficient (Wildman–Crippen LogP) is 4.17. The van der Waals surface area contributed by atoms with Crippen LogP contribution in [-0.4, -0.2) is 27.9 Å². The number of hydrogen-bond acceptors (Lipinski definition) is 4. The van der Waals surface area contributed by atoms with Crippen LogP contribution in [0.4, 0.5) is 4.39 Å². The summed E-state index contributed by atoms with van der Waals surface area (Å²) in [5.74, 6) is -0.372. The van der Waals surface area contributed by atoms with Gasteiger partial charge in [0.2, 0.25) is 5.91 Å². The van der Waals surface area contributed by atoms with Crippen molar-refractivity contribution in [3.63, 3.8) is 0 Å². The van der Waals surface area contributed by atoms with Crippen molar-refractivity contribution < 1.29 is 18.5 Å². The summed E-state index contributed by atoms with van der Waals surface area (Å²) in [5.41, 5.74) is 1.52. The van der Waals surface area contributed by atoms with Crippen molar-refractivity contribution in [3.05, 3.63) is 77.7 Å². The van der Waals surface area contributed by atoms with E-state index in [1.165, 1.54) is 18.2 Å². The molecule has 154 valence electrons. The molecule has 7 heteroatoms. The summed E-state index contributed by atoms with van der Waals surface area (Å²) in [6.07, 6.45) is -0.0512. The Morgan fingerprint density at radius 2 is 1.87 bits per heavy atom. The molecule has 1 N–H and O–H groups in total. The molecular weight excluding hydrogens is 385 g/mol.